The first-order valence-corrected chi connectivity index (χ1v) is 10.0. The van der Waals surface area contributed by atoms with Gasteiger partial charge in [0.15, 0.2) is 0 Å². The molecule has 0 aromatic heterocycles. The lowest BCUT2D eigenvalue weighted by Crippen LogP contribution is -2.57. The summed E-state index contributed by atoms with van der Waals surface area (Å²) in [6.45, 7) is -0.643. The predicted molar refractivity (Wildman–Crippen MR) is 80.4 cm³/mol. The van der Waals surface area contributed by atoms with Crippen molar-refractivity contribution in [2.45, 2.75) is 29.9 Å². The molecule has 136 valence electrons. The summed E-state index contributed by atoms with van der Waals surface area (Å²) in [6.07, 6.45) is -4.66. The molecule has 0 aliphatic carbocycles. The minimum atomic E-state index is -4.88. The first-order valence-electron chi connectivity index (χ1n) is 6.05. The van der Waals surface area contributed by atoms with Crippen LogP contribution in [0.5, 0.6) is 0 Å². The van der Waals surface area contributed by atoms with E-state index in [1.165, 1.54) is 6.26 Å². The Bertz CT molecular complexity index is 550. The molecule has 1 rings (SSSR count). The second kappa shape index (κ2) is 8.68. The maximum Gasteiger partial charge on any atom is 0.466 e. The molecular weight excluding hydrogens is 378 g/mol. The van der Waals surface area contributed by atoms with E-state index in [1.807, 2.05) is 0 Å². The smallest absolute Gasteiger partial charge is 0.394 e. The van der Waals surface area contributed by atoms with E-state index in [1.54, 1.807) is 0 Å². The van der Waals surface area contributed by atoms with Gasteiger partial charge in [-0.15, -0.1) is 0 Å². The summed E-state index contributed by atoms with van der Waals surface area (Å²) < 4.78 is 49.8. The minimum Gasteiger partial charge on any atom is -0.394 e. The summed E-state index contributed by atoms with van der Waals surface area (Å²) in [6, 6.07) is 0. The zero-order chi connectivity index (χ0) is 17.8. The molecule has 0 bridgehead atoms. The third kappa shape index (κ3) is 6.60. The monoisotopic (exact) mass is 395 g/mol. The average Bonchev–Trinajstić information content (AvgIpc) is 2.44. The van der Waals surface area contributed by atoms with Crippen molar-refractivity contribution in [3.05, 3.63) is 0 Å². The lowest BCUT2D eigenvalue weighted by molar-refractivity contribution is -0.205. The highest BCUT2D eigenvalue weighted by molar-refractivity contribution is 8.15. The van der Waals surface area contributed by atoms with Gasteiger partial charge in [0.25, 0.3) is 0 Å². The van der Waals surface area contributed by atoms with E-state index in [9.17, 15) is 27.9 Å². The van der Waals surface area contributed by atoms with Gasteiger partial charge in [-0.2, -0.15) is 8.42 Å². The van der Waals surface area contributed by atoms with Crippen molar-refractivity contribution in [1.82, 2.24) is 0 Å². The average molecular weight is 395 g/mol. The molecule has 5 N–H and O–H groups in total. The number of aliphatic hydroxyl groups is 4. The highest BCUT2D eigenvalue weighted by Crippen LogP contribution is 2.29. The van der Waals surface area contributed by atoms with Crippen LogP contribution >= 0.6 is 11.8 Å². The van der Waals surface area contributed by atoms with Gasteiger partial charge in [0.2, 0.25) is 0 Å². The Balaban J connectivity index is 2.90. The quantitative estimate of drug-likeness (QED) is 0.134. The van der Waals surface area contributed by atoms with Crippen molar-refractivity contribution in [2.24, 2.45) is 5.16 Å². The van der Waals surface area contributed by atoms with Crippen LogP contribution in [0, 0.1) is 0 Å². The topological polar surface area (TPSA) is 183 Å². The Hall–Kier alpha value is -0.320. The first-order chi connectivity index (χ1) is 10.5. The number of thioether (sulfide) groups is 1. The number of hydrogen-bond donors (Lipinski definition) is 5. The highest BCUT2D eigenvalue weighted by atomic mass is 32.3. The Morgan fingerprint density at radius 1 is 1.30 bits per heavy atom. The van der Waals surface area contributed by atoms with Crippen LogP contribution in [0.15, 0.2) is 5.16 Å². The van der Waals surface area contributed by atoms with Gasteiger partial charge in [-0.3, -0.25) is 8.76 Å². The number of oxime groups is 1. The molecule has 0 aromatic carbocycles. The number of rotatable bonds is 6. The second-order valence-corrected chi connectivity index (χ2v) is 8.13. The number of aliphatic hydroxyl groups excluding tert-OH is 4. The molecule has 1 heterocycles. The van der Waals surface area contributed by atoms with Gasteiger partial charge in [-0.05, 0) is 0 Å². The summed E-state index contributed by atoms with van der Waals surface area (Å²) in [5, 5.41) is 41.1. The molecule has 0 radical (unpaired) electrons. The molecule has 1 fully saturated rings. The molecule has 1 saturated heterocycles. The lowest BCUT2D eigenvalue weighted by atomic mass is 10.0. The summed E-state index contributed by atoms with van der Waals surface area (Å²) in [5.41, 5.74) is -1.25. The van der Waals surface area contributed by atoms with E-state index >= 15 is 0 Å². The van der Waals surface area contributed by atoms with Crippen molar-refractivity contribution in [3.8, 4) is 0 Å². The Morgan fingerprint density at radius 3 is 2.39 bits per heavy atom. The molecule has 6 unspecified atom stereocenters. The zero-order valence-corrected chi connectivity index (χ0v) is 14.2. The van der Waals surface area contributed by atoms with Crippen LogP contribution < -0.4 is 0 Å². The highest BCUT2D eigenvalue weighted by Gasteiger charge is 2.44. The van der Waals surface area contributed by atoms with Gasteiger partial charge in [0, 0.05) is 17.1 Å². The summed E-state index contributed by atoms with van der Waals surface area (Å²) in [7, 11) is -6.35. The molecule has 11 nitrogen and oxygen atoms in total. The van der Waals surface area contributed by atoms with Crippen molar-refractivity contribution >= 4 is 38.0 Å². The summed E-state index contributed by atoms with van der Waals surface area (Å²) >= 11 is 0.570. The fourth-order valence-corrected chi connectivity index (χ4v) is 3.89. The van der Waals surface area contributed by atoms with Gasteiger partial charge in [0.1, 0.15) is 34.9 Å². The molecule has 1 aliphatic heterocycles. The van der Waals surface area contributed by atoms with E-state index in [-0.39, 0.29) is 10.8 Å². The van der Waals surface area contributed by atoms with Crippen molar-refractivity contribution < 1.29 is 46.6 Å². The lowest BCUT2D eigenvalue weighted by Gasteiger charge is -2.39. The van der Waals surface area contributed by atoms with Gasteiger partial charge in [-0.1, -0.05) is 16.9 Å². The van der Waals surface area contributed by atoms with Crippen LogP contribution in [-0.4, -0.2) is 91.1 Å². The van der Waals surface area contributed by atoms with Crippen molar-refractivity contribution in [3.63, 3.8) is 0 Å². The van der Waals surface area contributed by atoms with E-state index in [0.29, 0.717) is 11.8 Å². The van der Waals surface area contributed by atoms with Crippen molar-refractivity contribution in [1.29, 1.82) is 0 Å². The van der Waals surface area contributed by atoms with Crippen LogP contribution in [0.25, 0.3) is 0 Å². The van der Waals surface area contributed by atoms with Gasteiger partial charge >= 0.3 is 10.4 Å². The number of hydrogen-bond acceptors (Lipinski definition) is 11. The molecule has 0 saturated carbocycles. The normalized spacial score (nSPS) is 34.2. The van der Waals surface area contributed by atoms with Crippen LogP contribution in [-0.2, 0) is 30.2 Å². The molecule has 1 aliphatic rings. The fraction of sp³-hybridized carbons (Fsp3) is 0.889. The molecule has 0 aromatic rings. The van der Waals surface area contributed by atoms with Crippen LogP contribution in [0.4, 0.5) is 0 Å². The standard InChI is InChI=1S/C9H17NO10S3/c1-22(15)3-5(10-20-23(16,17)18)21-9-8(14)7(13)6(12)4(2-11)19-9/h4,6-9,11-14H,2-3H2,1H3,(H,16,17,18). The third-order valence-corrected chi connectivity index (χ3v) is 4.90. The SMILES string of the molecule is CS(=O)CC(=NOS(=O)(=O)O)SC1OC(CO)C(O)C(O)C1O. The molecule has 0 spiro atoms. The van der Waals surface area contributed by atoms with Crippen LogP contribution in [0.2, 0.25) is 0 Å². The molecule has 0 amide bonds. The summed E-state index contributed by atoms with van der Waals surface area (Å²) in [4.78, 5) is 0. The fourth-order valence-electron chi connectivity index (χ4n) is 1.64. The second-order valence-electron chi connectivity index (χ2n) is 4.52. The summed E-state index contributed by atoms with van der Waals surface area (Å²) in [5.74, 6) is -0.283. The predicted octanol–water partition coefficient (Wildman–Crippen LogP) is -2.97. The van der Waals surface area contributed by atoms with E-state index < -0.39 is 57.7 Å². The van der Waals surface area contributed by atoms with E-state index in [2.05, 4.69) is 9.44 Å². The number of nitrogens with zero attached hydrogens (tertiary/aromatic N) is 1. The van der Waals surface area contributed by atoms with Gasteiger partial charge in [0.05, 0.1) is 12.4 Å². The minimum absolute atomic E-state index is 0.215. The first kappa shape index (κ1) is 20.7. The third-order valence-electron chi connectivity index (χ3n) is 2.66. The van der Waals surface area contributed by atoms with Crippen molar-refractivity contribution in [2.75, 3.05) is 18.6 Å². The molecule has 14 heteroatoms. The maximum atomic E-state index is 11.3. The Labute approximate surface area is 138 Å². The number of ether oxygens (including phenoxy) is 1. The molecule has 6 atom stereocenters. The van der Waals surface area contributed by atoms with E-state index in [4.69, 9.17) is 14.4 Å². The van der Waals surface area contributed by atoms with Gasteiger partial charge < -0.3 is 25.2 Å². The Morgan fingerprint density at radius 2 is 1.91 bits per heavy atom. The van der Waals surface area contributed by atoms with Crippen LogP contribution in [0.3, 0.4) is 0 Å². The zero-order valence-electron chi connectivity index (χ0n) is 11.8. The Kier molecular flexibility index (Phi) is 7.82. The van der Waals surface area contributed by atoms with E-state index in [0.717, 1.165) is 0 Å². The van der Waals surface area contributed by atoms with Crippen LogP contribution in [0.1, 0.15) is 0 Å². The maximum absolute atomic E-state index is 11.3. The molecular formula is C9H17NO10S3. The molecule has 23 heavy (non-hydrogen) atoms. The van der Waals surface area contributed by atoms with Gasteiger partial charge in [-0.25, -0.2) is 4.28 Å². The largest absolute Gasteiger partial charge is 0.466 e.